The molecule has 1 aromatic carbocycles. The first-order chi connectivity index (χ1) is 10.6. The van der Waals surface area contributed by atoms with Crippen LogP contribution in [-0.4, -0.2) is 44.0 Å². The Bertz CT molecular complexity index is 620. The zero-order chi connectivity index (χ0) is 15.9. The van der Waals surface area contributed by atoms with Crippen molar-refractivity contribution in [3.63, 3.8) is 0 Å². The van der Waals surface area contributed by atoms with Crippen LogP contribution in [0.1, 0.15) is 6.42 Å². The molecule has 1 aromatic rings. The highest BCUT2D eigenvalue weighted by Crippen LogP contribution is 2.09. The van der Waals surface area contributed by atoms with Crippen molar-refractivity contribution in [2.24, 2.45) is 9.98 Å². The molecular formula is C15H19N5O2. The van der Waals surface area contributed by atoms with Crippen LogP contribution < -0.4 is 10.6 Å². The van der Waals surface area contributed by atoms with Crippen LogP contribution >= 0.6 is 0 Å². The Morgan fingerprint density at radius 3 is 2.59 bits per heavy atom. The molecule has 22 heavy (non-hydrogen) atoms. The van der Waals surface area contributed by atoms with Gasteiger partial charge in [-0.25, -0.2) is 9.79 Å². The molecule has 0 bridgehead atoms. The standard InChI is InChI=1S/C15H19N5O2/c1-20(2)13-9-12(10-16-15(19-13)22-3)18-14(21)17-11-7-5-4-6-8-11/h4-8,10H,9H2,1-3H3,(H2,17,18,21). The van der Waals surface area contributed by atoms with Gasteiger partial charge in [0, 0.05) is 31.9 Å². The van der Waals surface area contributed by atoms with Crippen LogP contribution in [0.3, 0.4) is 0 Å². The summed E-state index contributed by atoms with van der Waals surface area (Å²) in [5.74, 6) is 0.740. The summed E-state index contributed by atoms with van der Waals surface area (Å²) in [6.45, 7) is 0. The van der Waals surface area contributed by atoms with Crippen LogP contribution in [0.5, 0.6) is 0 Å². The molecule has 116 valence electrons. The summed E-state index contributed by atoms with van der Waals surface area (Å²) in [6, 6.07) is 9.15. The molecule has 1 aliphatic heterocycles. The fourth-order valence-corrected chi connectivity index (χ4v) is 1.79. The second-order valence-corrected chi connectivity index (χ2v) is 4.81. The van der Waals surface area contributed by atoms with Crippen molar-refractivity contribution in [3.8, 4) is 0 Å². The molecule has 1 heterocycles. The molecule has 0 aromatic heterocycles. The summed E-state index contributed by atoms with van der Waals surface area (Å²) in [5.41, 5.74) is 1.35. The van der Waals surface area contributed by atoms with Crippen LogP contribution in [0, 0.1) is 0 Å². The van der Waals surface area contributed by atoms with Crippen molar-refractivity contribution in [2.45, 2.75) is 6.42 Å². The number of amidine groups is 2. The van der Waals surface area contributed by atoms with Gasteiger partial charge in [-0.2, -0.15) is 4.99 Å². The van der Waals surface area contributed by atoms with E-state index in [1.807, 2.05) is 49.3 Å². The molecule has 1 aliphatic rings. The van der Waals surface area contributed by atoms with Crippen molar-refractivity contribution in [1.29, 1.82) is 0 Å². The minimum absolute atomic E-state index is 0.254. The zero-order valence-electron chi connectivity index (χ0n) is 12.8. The van der Waals surface area contributed by atoms with Gasteiger partial charge in [0.15, 0.2) is 0 Å². The number of amides is 2. The van der Waals surface area contributed by atoms with Gasteiger partial charge in [0.1, 0.15) is 5.84 Å². The predicted octanol–water partition coefficient (Wildman–Crippen LogP) is 2.02. The van der Waals surface area contributed by atoms with Crippen molar-refractivity contribution < 1.29 is 9.53 Å². The molecule has 0 atom stereocenters. The van der Waals surface area contributed by atoms with E-state index in [4.69, 9.17) is 4.74 Å². The Hall–Kier alpha value is -2.83. The Morgan fingerprint density at radius 1 is 1.23 bits per heavy atom. The number of para-hydroxylation sites is 1. The van der Waals surface area contributed by atoms with Crippen molar-refractivity contribution in [1.82, 2.24) is 10.2 Å². The summed E-state index contributed by atoms with van der Waals surface area (Å²) in [4.78, 5) is 22.2. The van der Waals surface area contributed by atoms with Crippen LogP contribution in [-0.2, 0) is 4.74 Å². The minimum Gasteiger partial charge on any atom is -0.467 e. The molecule has 2 N–H and O–H groups in total. The summed E-state index contributed by atoms with van der Waals surface area (Å²) in [6.07, 6.45) is 2.00. The van der Waals surface area contributed by atoms with Gasteiger partial charge in [0.2, 0.25) is 0 Å². The average molecular weight is 301 g/mol. The summed E-state index contributed by atoms with van der Waals surface area (Å²) < 4.78 is 5.06. The normalized spacial score (nSPS) is 14.0. The predicted molar refractivity (Wildman–Crippen MR) is 86.9 cm³/mol. The van der Waals surface area contributed by atoms with Crippen LogP contribution in [0.25, 0.3) is 0 Å². The smallest absolute Gasteiger partial charge is 0.323 e. The molecule has 0 radical (unpaired) electrons. The molecule has 0 saturated carbocycles. The number of hydrogen-bond acceptors (Lipinski definition) is 5. The van der Waals surface area contributed by atoms with Gasteiger partial charge in [-0.15, -0.1) is 0 Å². The third-order valence-electron chi connectivity index (χ3n) is 2.91. The number of rotatable bonds is 2. The zero-order valence-corrected chi connectivity index (χ0v) is 12.8. The molecule has 0 fully saturated rings. The molecule has 2 rings (SSSR count). The first kappa shape index (κ1) is 15.6. The van der Waals surface area contributed by atoms with Gasteiger partial charge in [-0.05, 0) is 12.1 Å². The second kappa shape index (κ2) is 7.26. The van der Waals surface area contributed by atoms with E-state index in [9.17, 15) is 4.79 Å². The van der Waals surface area contributed by atoms with Crippen LogP contribution in [0.4, 0.5) is 10.5 Å². The molecular weight excluding hydrogens is 282 g/mol. The van der Waals surface area contributed by atoms with E-state index in [-0.39, 0.29) is 12.1 Å². The number of ether oxygens (including phenoxy) is 1. The summed E-state index contributed by atoms with van der Waals surface area (Å²) >= 11 is 0. The Balaban J connectivity index is 2.05. The number of hydrogen-bond donors (Lipinski definition) is 2. The molecule has 0 aliphatic carbocycles. The Labute approximate surface area is 129 Å². The van der Waals surface area contributed by atoms with Crippen molar-refractivity contribution in [2.75, 3.05) is 26.5 Å². The van der Waals surface area contributed by atoms with Crippen LogP contribution in [0.2, 0.25) is 0 Å². The molecule has 7 heteroatoms. The lowest BCUT2D eigenvalue weighted by Crippen LogP contribution is -2.31. The maximum absolute atomic E-state index is 12.0. The second-order valence-electron chi connectivity index (χ2n) is 4.81. The number of aliphatic imine (C=N–C) groups is 2. The Morgan fingerprint density at radius 2 is 1.95 bits per heavy atom. The fourth-order valence-electron chi connectivity index (χ4n) is 1.79. The van der Waals surface area contributed by atoms with Crippen molar-refractivity contribution in [3.05, 3.63) is 42.2 Å². The van der Waals surface area contributed by atoms with Gasteiger partial charge >= 0.3 is 12.1 Å². The molecule has 2 amide bonds. The molecule has 0 unspecified atom stereocenters. The van der Waals surface area contributed by atoms with Gasteiger partial charge in [-0.1, -0.05) is 18.2 Å². The quantitative estimate of drug-likeness (QED) is 0.877. The molecule has 0 saturated heterocycles. The fraction of sp³-hybridized carbons (Fsp3) is 0.267. The van der Waals surface area contributed by atoms with Gasteiger partial charge < -0.3 is 20.3 Å². The summed E-state index contributed by atoms with van der Waals surface area (Å²) in [5, 5.41) is 5.53. The number of carbonyl (C=O) groups excluding carboxylic acids is 1. The minimum atomic E-state index is -0.327. The SMILES string of the molecule is COC1=NC=C(NC(=O)Nc2ccccc2)CC(N(C)C)=N1. The average Bonchev–Trinajstić information content (AvgIpc) is 2.70. The van der Waals surface area contributed by atoms with E-state index in [1.165, 1.54) is 7.11 Å². The summed E-state index contributed by atoms with van der Waals surface area (Å²) in [7, 11) is 5.25. The topological polar surface area (TPSA) is 78.3 Å². The number of urea groups is 1. The third-order valence-corrected chi connectivity index (χ3v) is 2.91. The first-order valence-corrected chi connectivity index (χ1v) is 6.77. The highest BCUT2D eigenvalue weighted by Gasteiger charge is 2.14. The first-order valence-electron chi connectivity index (χ1n) is 6.77. The highest BCUT2D eigenvalue weighted by atomic mass is 16.5. The van der Waals surface area contributed by atoms with Gasteiger partial charge in [-0.3, -0.25) is 0 Å². The van der Waals surface area contributed by atoms with E-state index in [0.29, 0.717) is 12.1 Å². The number of benzene rings is 1. The maximum Gasteiger partial charge on any atom is 0.323 e. The van der Waals surface area contributed by atoms with E-state index >= 15 is 0 Å². The number of methoxy groups -OCH3 is 1. The van der Waals surface area contributed by atoms with E-state index < -0.39 is 0 Å². The molecule has 0 spiro atoms. The number of anilines is 1. The monoisotopic (exact) mass is 301 g/mol. The lowest BCUT2D eigenvalue weighted by atomic mass is 10.3. The Kier molecular flexibility index (Phi) is 5.13. The van der Waals surface area contributed by atoms with Crippen LogP contribution in [0.15, 0.2) is 52.2 Å². The number of nitrogens with one attached hydrogen (secondary N) is 2. The highest BCUT2D eigenvalue weighted by molar-refractivity contribution is 5.97. The largest absolute Gasteiger partial charge is 0.467 e. The number of carbonyl (C=O) groups is 1. The van der Waals surface area contributed by atoms with E-state index in [0.717, 1.165) is 11.5 Å². The lowest BCUT2D eigenvalue weighted by molar-refractivity contribution is 0.254. The van der Waals surface area contributed by atoms with Crippen molar-refractivity contribution >= 4 is 23.6 Å². The third kappa shape index (κ3) is 4.34. The maximum atomic E-state index is 12.0. The molecule has 7 nitrogen and oxygen atoms in total. The van der Waals surface area contributed by atoms with E-state index in [1.54, 1.807) is 6.20 Å². The van der Waals surface area contributed by atoms with Gasteiger partial charge in [0.05, 0.1) is 13.3 Å². The van der Waals surface area contributed by atoms with E-state index in [2.05, 4.69) is 20.6 Å². The van der Waals surface area contributed by atoms with Gasteiger partial charge in [0.25, 0.3) is 0 Å². The lowest BCUT2D eigenvalue weighted by Gasteiger charge is -2.16. The number of nitrogens with zero attached hydrogens (tertiary/aromatic N) is 3.